The van der Waals surface area contributed by atoms with Gasteiger partial charge in [-0.05, 0) is 50.7 Å². The van der Waals surface area contributed by atoms with Gasteiger partial charge in [-0.15, -0.1) is 0 Å². The third-order valence-electron chi connectivity index (χ3n) is 6.52. The number of hydrogen-bond donors (Lipinski definition) is 1. The van der Waals surface area contributed by atoms with Crippen molar-refractivity contribution in [2.24, 2.45) is 0 Å². The molecule has 1 saturated heterocycles. The Labute approximate surface area is 174 Å². The number of rotatable bonds is 3. The topological polar surface area (TPSA) is 80.5 Å². The van der Waals surface area contributed by atoms with Crippen molar-refractivity contribution in [3.05, 3.63) is 29.6 Å². The van der Waals surface area contributed by atoms with E-state index in [9.17, 15) is 28.3 Å². The summed E-state index contributed by atoms with van der Waals surface area (Å²) in [7, 11) is 0. The Morgan fingerprint density at radius 3 is 2.60 bits per heavy atom. The molecule has 1 atom stereocenters. The summed E-state index contributed by atoms with van der Waals surface area (Å²) in [5.74, 6) is 0. The van der Waals surface area contributed by atoms with Crippen LogP contribution in [0.2, 0.25) is 0 Å². The monoisotopic (exact) mass is 424 g/mol. The fraction of sp³-hybridized carbons (Fsp3) is 0.667. The number of amides is 1. The van der Waals surface area contributed by atoms with Crippen molar-refractivity contribution < 1.29 is 23.1 Å². The number of pyridine rings is 1. The normalized spacial score (nSPS) is 28.6. The number of nitriles is 1. The summed E-state index contributed by atoms with van der Waals surface area (Å²) in [5, 5.41) is 19.3. The molecule has 2 fully saturated rings. The lowest BCUT2D eigenvalue weighted by Crippen LogP contribution is -2.48. The van der Waals surface area contributed by atoms with Crippen LogP contribution in [0.5, 0.6) is 0 Å². The average Bonchev–Trinajstić information content (AvgIpc) is 2.96. The Morgan fingerprint density at radius 2 is 2.03 bits per heavy atom. The van der Waals surface area contributed by atoms with Crippen molar-refractivity contribution >= 4 is 6.09 Å². The zero-order chi connectivity index (χ0) is 21.9. The van der Waals surface area contributed by atoms with E-state index < -0.39 is 23.4 Å². The standard InChI is InChI=1S/C21H27F3N4O2/c1-2-15-13-27(11-4-12-28(15)19(29)30)16-7-9-20(14-25,10-8-16)17-5-3-6-18(26-17)21(22,23)24/h3,5-6,15-16H,2,4,7-13H2,1H3,(H,29,30). The Hall–Kier alpha value is -2.34. The maximum absolute atomic E-state index is 13.1. The molecule has 164 valence electrons. The van der Waals surface area contributed by atoms with Crippen LogP contribution in [0, 0.1) is 11.3 Å². The van der Waals surface area contributed by atoms with E-state index >= 15 is 0 Å². The zero-order valence-electron chi connectivity index (χ0n) is 17.0. The Bertz CT molecular complexity index is 800. The molecule has 30 heavy (non-hydrogen) atoms. The summed E-state index contributed by atoms with van der Waals surface area (Å²) in [6, 6.07) is 6.14. The molecular weight excluding hydrogens is 397 g/mol. The summed E-state index contributed by atoms with van der Waals surface area (Å²) in [6.45, 7) is 3.92. The van der Waals surface area contributed by atoms with E-state index in [4.69, 9.17) is 0 Å². The number of aromatic nitrogens is 1. The first-order chi connectivity index (χ1) is 14.2. The molecule has 0 radical (unpaired) electrons. The summed E-state index contributed by atoms with van der Waals surface area (Å²) in [5.41, 5.74) is -1.79. The molecule has 0 aromatic carbocycles. The zero-order valence-corrected chi connectivity index (χ0v) is 17.0. The first kappa shape index (κ1) is 22.3. The van der Waals surface area contributed by atoms with E-state index in [-0.39, 0.29) is 17.8 Å². The summed E-state index contributed by atoms with van der Waals surface area (Å²) in [4.78, 5) is 19.1. The molecule has 2 heterocycles. The molecule has 6 nitrogen and oxygen atoms in total. The number of carboxylic acid groups (broad SMARTS) is 1. The van der Waals surface area contributed by atoms with E-state index in [1.165, 1.54) is 17.0 Å². The molecule has 1 N–H and O–H groups in total. The number of nitrogens with zero attached hydrogens (tertiary/aromatic N) is 4. The predicted molar refractivity (Wildman–Crippen MR) is 104 cm³/mol. The van der Waals surface area contributed by atoms with Crippen LogP contribution in [-0.4, -0.2) is 57.7 Å². The first-order valence-corrected chi connectivity index (χ1v) is 10.4. The van der Waals surface area contributed by atoms with Crippen LogP contribution in [-0.2, 0) is 11.6 Å². The summed E-state index contributed by atoms with van der Waals surface area (Å²) >= 11 is 0. The van der Waals surface area contributed by atoms with Crippen LogP contribution in [0.1, 0.15) is 56.8 Å². The minimum Gasteiger partial charge on any atom is -0.465 e. The minimum atomic E-state index is -4.54. The Morgan fingerprint density at radius 1 is 1.33 bits per heavy atom. The van der Waals surface area contributed by atoms with Gasteiger partial charge in [0, 0.05) is 31.7 Å². The van der Waals surface area contributed by atoms with Gasteiger partial charge in [0.25, 0.3) is 0 Å². The highest BCUT2D eigenvalue weighted by molar-refractivity contribution is 5.65. The fourth-order valence-corrected chi connectivity index (χ4v) is 4.77. The molecule has 1 aromatic heterocycles. The molecule has 1 unspecified atom stereocenters. The van der Waals surface area contributed by atoms with Gasteiger partial charge in [-0.1, -0.05) is 13.0 Å². The second kappa shape index (κ2) is 8.80. The molecule has 9 heteroatoms. The highest BCUT2D eigenvalue weighted by Gasteiger charge is 2.42. The van der Waals surface area contributed by atoms with Crippen molar-refractivity contribution in [2.75, 3.05) is 19.6 Å². The van der Waals surface area contributed by atoms with Gasteiger partial charge >= 0.3 is 12.3 Å². The van der Waals surface area contributed by atoms with E-state index in [1.807, 2.05) is 6.92 Å². The number of halogens is 3. The molecule has 1 aliphatic carbocycles. The fourth-order valence-electron chi connectivity index (χ4n) is 4.77. The van der Waals surface area contributed by atoms with E-state index in [1.54, 1.807) is 0 Å². The average molecular weight is 424 g/mol. The van der Waals surface area contributed by atoms with E-state index in [0.29, 0.717) is 38.8 Å². The highest BCUT2D eigenvalue weighted by atomic mass is 19.4. The van der Waals surface area contributed by atoms with E-state index in [2.05, 4.69) is 16.0 Å². The van der Waals surface area contributed by atoms with Gasteiger partial charge in [0.1, 0.15) is 5.69 Å². The predicted octanol–water partition coefficient (Wildman–Crippen LogP) is 4.27. The largest absolute Gasteiger partial charge is 0.465 e. The van der Waals surface area contributed by atoms with Crippen molar-refractivity contribution in [3.63, 3.8) is 0 Å². The molecule has 0 spiro atoms. The van der Waals surface area contributed by atoms with Crippen LogP contribution in [0.4, 0.5) is 18.0 Å². The third-order valence-corrected chi connectivity index (χ3v) is 6.52. The maximum atomic E-state index is 13.1. The van der Waals surface area contributed by atoms with Crippen molar-refractivity contribution in [3.8, 4) is 6.07 Å². The molecule has 1 amide bonds. The SMILES string of the molecule is CCC1CN(C2CCC(C#N)(c3cccc(C(F)(F)F)n3)CC2)CCCN1C(=O)O. The molecule has 0 bridgehead atoms. The number of alkyl halides is 3. The lowest BCUT2D eigenvalue weighted by atomic mass is 9.70. The van der Waals surface area contributed by atoms with Gasteiger partial charge in [-0.3, -0.25) is 4.90 Å². The second-order valence-corrected chi connectivity index (χ2v) is 8.22. The van der Waals surface area contributed by atoms with Crippen molar-refractivity contribution in [2.45, 2.75) is 69.1 Å². The van der Waals surface area contributed by atoms with Gasteiger partial charge in [0.15, 0.2) is 0 Å². The highest BCUT2D eigenvalue weighted by Crippen LogP contribution is 2.41. The van der Waals surface area contributed by atoms with Crippen LogP contribution in [0.15, 0.2) is 18.2 Å². The van der Waals surface area contributed by atoms with Crippen LogP contribution in [0.25, 0.3) is 0 Å². The smallest absolute Gasteiger partial charge is 0.433 e. The first-order valence-electron chi connectivity index (χ1n) is 10.4. The quantitative estimate of drug-likeness (QED) is 0.784. The van der Waals surface area contributed by atoms with E-state index in [0.717, 1.165) is 25.5 Å². The van der Waals surface area contributed by atoms with Crippen LogP contribution >= 0.6 is 0 Å². The second-order valence-electron chi connectivity index (χ2n) is 8.22. The minimum absolute atomic E-state index is 0.0715. The molecule has 2 aliphatic rings. The lowest BCUT2D eigenvalue weighted by molar-refractivity contribution is -0.141. The van der Waals surface area contributed by atoms with Crippen molar-refractivity contribution in [1.82, 2.24) is 14.8 Å². The summed E-state index contributed by atoms with van der Waals surface area (Å²) in [6.07, 6.45) is -1.72. The third kappa shape index (κ3) is 4.53. The molecule has 1 saturated carbocycles. The number of carbonyl (C=O) groups is 1. The van der Waals surface area contributed by atoms with Gasteiger partial charge in [0.05, 0.1) is 17.2 Å². The van der Waals surface area contributed by atoms with Crippen LogP contribution < -0.4 is 0 Å². The summed E-state index contributed by atoms with van der Waals surface area (Å²) < 4.78 is 39.2. The van der Waals surface area contributed by atoms with Gasteiger partial charge in [0.2, 0.25) is 0 Å². The molecule has 3 rings (SSSR count). The molecular formula is C21H27F3N4O2. The number of hydrogen-bond acceptors (Lipinski definition) is 4. The molecule has 1 aromatic rings. The van der Waals surface area contributed by atoms with Crippen LogP contribution in [0.3, 0.4) is 0 Å². The maximum Gasteiger partial charge on any atom is 0.433 e. The Balaban J connectivity index is 1.73. The van der Waals surface area contributed by atoms with Crippen molar-refractivity contribution in [1.29, 1.82) is 5.26 Å². The Kier molecular flexibility index (Phi) is 6.56. The molecule has 1 aliphatic heterocycles. The van der Waals surface area contributed by atoms with Gasteiger partial charge in [-0.2, -0.15) is 18.4 Å². The van der Waals surface area contributed by atoms with Gasteiger partial charge in [-0.25, -0.2) is 9.78 Å². The lowest BCUT2D eigenvalue weighted by Gasteiger charge is -2.40. The van der Waals surface area contributed by atoms with Gasteiger partial charge < -0.3 is 10.0 Å².